The van der Waals surface area contributed by atoms with Gasteiger partial charge in [0.15, 0.2) is 0 Å². The molecule has 1 aromatic heterocycles. The summed E-state index contributed by atoms with van der Waals surface area (Å²) in [5.41, 5.74) is 4.64. The molecule has 0 bridgehead atoms. The fraction of sp³-hybridized carbons (Fsp3) is 0.250. The fourth-order valence-electron chi connectivity index (χ4n) is 3.02. The highest BCUT2D eigenvalue weighted by atomic mass is 16.5. The second kappa shape index (κ2) is 7.25. The third-order valence-corrected chi connectivity index (χ3v) is 4.20. The molecule has 0 aliphatic heterocycles. The third-order valence-electron chi connectivity index (χ3n) is 4.20. The van der Waals surface area contributed by atoms with Gasteiger partial charge in [-0.2, -0.15) is 0 Å². The summed E-state index contributed by atoms with van der Waals surface area (Å²) in [5, 5.41) is 1.21. The maximum atomic E-state index is 11.1. The summed E-state index contributed by atoms with van der Waals surface area (Å²) in [6.45, 7) is 3.20. The summed E-state index contributed by atoms with van der Waals surface area (Å²) < 4.78 is 5.87. The van der Waals surface area contributed by atoms with E-state index < -0.39 is 0 Å². The number of aromatic amines is 1. The van der Waals surface area contributed by atoms with Gasteiger partial charge in [-0.25, -0.2) is 0 Å². The van der Waals surface area contributed by atoms with E-state index in [4.69, 9.17) is 4.74 Å². The number of fused-ring (bicyclic) bond motifs is 1. The van der Waals surface area contributed by atoms with Crippen LogP contribution in [0, 0.1) is 6.92 Å². The smallest absolute Gasteiger partial charge is 0.120 e. The Morgan fingerprint density at radius 3 is 2.74 bits per heavy atom. The van der Waals surface area contributed by atoms with Gasteiger partial charge in [0, 0.05) is 29.4 Å². The summed E-state index contributed by atoms with van der Waals surface area (Å²) >= 11 is 0. The topological polar surface area (TPSA) is 42.1 Å². The van der Waals surface area contributed by atoms with E-state index in [1.54, 1.807) is 0 Å². The van der Waals surface area contributed by atoms with Crippen LogP contribution < -0.4 is 0 Å². The molecular weight excluding hydrogens is 286 g/mol. The Morgan fingerprint density at radius 2 is 1.96 bits per heavy atom. The van der Waals surface area contributed by atoms with Crippen molar-refractivity contribution >= 4 is 17.2 Å². The normalized spacial score (nSPS) is 12.4. The molecule has 0 fully saturated rings. The number of ether oxygens (including phenoxy) is 1. The monoisotopic (exact) mass is 307 g/mol. The molecule has 0 radical (unpaired) electrons. The zero-order chi connectivity index (χ0) is 16.1. The molecule has 1 N–H and O–H groups in total. The minimum atomic E-state index is 0.0751. The van der Waals surface area contributed by atoms with E-state index in [0.29, 0.717) is 19.6 Å². The zero-order valence-electron chi connectivity index (χ0n) is 13.3. The van der Waals surface area contributed by atoms with Crippen LogP contribution in [0.1, 0.15) is 29.0 Å². The van der Waals surface area contributed by atoms with Crippen molar-refractivity contribution in [3.63, 3.8) is 0 Å². The number of rotatable bonds is 7. The van der Waals surface area contributed by atoms with Crippen molar-refractivity contribution in [3.8, 4) is 0 Å². The Morgan fingerprint density at radius 1 is 1.13 bits per heavy atom. The first kappa shape index (κ1) is 15.5. The first-order valence-corrected chi connectivity index (χ1v) is 7.91. The molecule has 0 spiro atoms. The lowest BCUT2D eigenvalue weighted by Gasteiger charge is -2.15. The van der Waals surface area contributed by atoms with E-state index in [0.717, 1.165) is 17.4 Å². The Bertz CT molecular complexity index is 777. The molecule has 118 valence electrons. The lowest BCUT2D eigenvalue weighted by Crippen LogP contribution is -2.09. The fourth-order valence-corrected chi connectivity index (χ4v) is 3.02. The summed E-state index contributed by atoms with van der Waals surface area (Å²) in [4.78, 5) is 14.4. The Hall–Kier alpha value is -2.39. The van der Waals surface area contributed by atoms with Crippen molar-refractivity contribution < 1.29 is 9.53 Å². The maximum absolute atomic E-state index is 11.1. The SMILES string of the molecule is Cc1cccc2[nH]cc([C@@H](CC=O)COCc3ccccc3)c12. The van der Waals surface area contributed by atoms with Gasteiger partial charge >= 0.3 is 0 Å². The van der Waals surface area contributed by atoms with Crippen molar-refractivity contribution in [2.75, 3.05) is 6.61 Å². The van der Waals surface area contributed by atoms with E-state index in [2.05, 4.69) is 24.0 Å². The summed E-state index contributed by atoms with van der Waals surface area (Å²) in [7, 11) is 0. The average molecular weight is 307 g/mol. The molecule has 0 aliphatic rings. The van der Waals surface area contributed by atoms with Crippen LogP contribution in [0.5, 0.6) is 0 Å². The molecule has 0 unspecified atom stereocenters. The summed E-state index contributed by atoms with van der Waals surface area (Å²) in [5.74, 6) is 0.0751. The van der Waals surface area contributed by atoms with E-state index in [1.807, 2.05) is 42.6 Å². The number of nitrogens with one attached hydrogen (secondary N) is 1. The molecule has 3 heteroatoms. The van der Waals surface area contributed by atoms with Gasteiger partial charge in [-0.05, 0) is 29.7 Å². The maximum Gasteiger partial charge on any atom is 0.120 e. The van der Waals surface area contributed by atoms with Crippen LogP contribution in [0.2, 0.25) is 0 Å². The number of hydrogen-bond acceptors (Lipinski definition) is 2. The van der Waals surface area contributed by atoms with E-state index in [9.17, 15) is 4.79 Å². The average Bonchev–Trinajstić information content (AvgIpc) is 3.00. The first-order valence-electron chi connectivity index (χ1n) is 7.91. The molecule has 0 aliphatic carbocycles. The molecule has 2 aromatic carbocycles. The summed E-state index contributed by atoms with van der Waals surface area (Å²) in [6, 6.07) is 16.3. The molecule has 0 saturated carbocycles. The van der Waals surface area contributed by atoms with Crippen LogP contribution in [0.3, 0.4) is 0 Å². The Labute approximate surface area is 136 Å². The number of hydrogen-bond donors (Lipinski definition) is 1. The lowest BCUT2D eigenvalue weighted by molar-refractivity contribution is -0.108. The molecule has 3 rings (SSSR count). The first-order chi connectivity index (χ1) is 11.3. The Kier molecular flexibility index (Phi) is 4.89. The third kappa shape index (κ3) is 3.51. The standard InChI is InChI=1S/C20H21NO2/c1-15-6-5-9-19-20(15)18(12-21-19)17(10-11-22)14-23-13-16-7-3-2-4-8-16/h2-9,11-12,17,21H,10,13-14H2,1H3/t17-/m0/s1. The number of aldehydes is 1. The predicted molar refractivity (Wildman–Crippen MR) is 92.6 cm³/mol. The van der Waals surface area contributed by atoms with Crippen molar-refractivity contribution in [3.05, 3.63) is 71.4 Å². The number of aryl methyl sites for hydroxylation is 1. The number of H-pyrrole nitrogens is 1. The zero-order valence-corrected chi connectivity index (χ0v) is 13.3. The minimum absolute atomic E-state index is 0.0751. The molecule has 3 nitrogen and oxygen atoms in total. The van der Waals surface area contributed by atoms with E-state index >= 15 is 0 Å². The van der Waals surface area contributed by atoms with Crippen LogP contribution in [-0.4, -0.2) is 17.9 Å². The highest BCUT2D eigenvalue weighted by Crippen LogP contribution is 2.30. The van der Waals surface area contributed by atoms with E-state index in [1.165, 1.54) is 16.5 Å². The van der Waals surface area contributed by atoms with Gasteiger partial charge in [0.25, 0.3) is 0 Å². The molecule has 0 amide bonds. The van der Waals surface area contributed by atoms with Crippen molar-refractivity contribution in [2.45, 2.75) is 25.9 Å². The molecule has 1 heterocycles. The minimum Gasteiger partial charge on any atom is -0.376 e. The van der Waals surface area contributed by atoms with Gasteiger partial charge in [-0.15, -0.1) is 0 Å². The number of carbonyl (C=O) groups excluding carboxylic acids is 1. The molecule has 1 atom stereocenters. The van der Waals surface area contributed by atoms with Crippen LogP contribution in [0.25, 0.3) is 10.9 Å². The van der Waals surface area contributed by atoms with Gasteiger partial charge in [0.05, 0.1) is 13.2 Å². The largest absolute Gasteiger partial charge is 0.376 e. The molecule has 23 heavy (non-hydrogen) atoms. The van der Waals surface area contributed by atoms with Crippen LogP contribution in [0.15, 0.2) is 54.7 Å². The van der Waals surface area contributed by atoms with Crippen LogP contribution in [0.4, 0.5) is 0 Å². The molecule has 0 saturated heterocycles. The van der Waals surface area contributed by atoms with Crippen molar-refractivity contribution in [1.29, 1.82) is 0 Å². The second-order valence-electron chi connectivity index (χ2n) is 5.84. The van der Waals surface area contributed by atoms with Gasteiger partial charge in [0.2, 0.25) is 0 Å². The molecule has 3 aromatic rings. The van der Waals surface area contributed by atoms with Crippen molar-refractivity contribution in [1.82, 2.24) is 4.98 Å². The van der Waals surface area contributed by atoms with E-state index in [-0.39, 0.29) is 5.92 Å². The summed E-state index contributed by atoms with van der Waals surface area (Å²) in [6.07, 6.45) is 3.46. The van der Waals surface area contributed by atoms with Gasteiger partial charge in [-0.3, -0.25) is 0 Å². The predicted octanol–water partition coefficient (Wildman–Crippen LogP) is 4.37. The lowest BCUT2D eigenvalue weighted by atomic mass is 9.94. The van der Waals surface area contributed by atoms with Gasteiger partial charge < -0.3 is 14.5 Å². The number of aromatic nitrogens is 1. The molecular formula is C20H21NO2. The quantitative estimate of drug-likeness (QED) is 0.659. The van der Waals surface area contributed by atoms with Crippen LogP contribution in [-0.2, 0) is 16.1 Å². The number of carbonyl (C=O) groups is 1. The highest BCUT2D eigenvalue weighted by Gasteiger charge is 2.17. The van der Waals surface area contributed by atoms with Gasteiger partial charge in [0.1, 0.15) is 6.29 Å². The second-order valence-corrected chi connectivity index (χ2v) is 5.84. The van der Waals surface area contributed by atoms with Crippen LogP contribution >= 0.6 is 0 Å². The Balaban J connectivity index is 1.76. The van der Waals surface area contributed by atoms with Gasteiger partial charge in [-0.1, -0.05) is 42.5 Å². The number of benzene rings is 2. The van der Waals surface area contributed by atoms with Crippen molar-refractivity contribution in [2.24, 2.45) is 0 Å². The highest BCUT2D eigenvalue weighted by molar-refractivity contribution is 5.87.